The molecule has 0 aliphatic carbocycles. The number of urea groups is 1. The third kappa shape index (κ3) is 4.24. The van der Waals surface area contributed by atoms with E-state index in [1.807, 2.05) is 4.72 Å². The van der Waals surface area contributed by atoms with Gasteiger partial charge >= 0.3 is 6.03 Å². The van der Waals surface area contributed by atoms with Gasteiger partial charge in [0.1, 0.15) is 4.90 Å². The first kappa shape index (κ1) is 20.8. The summed E-state index contributed by atoms with van der Waals surface area (Å²) in [7, 11) is -2.92. The number of nitrogens with one attached hydrogen (secondary N) is 2. The predicted molar refractivity (Wildman–Crippen MR) is 109 cm³/mol. The highest BCUT2D eigenvalue weighted by Crippen LogP contribution is 2.31. The Bertz CT molecular complexity index is 1130. The summed E-state index contributed by atoms with van der Waals surface area (Å²) < 4.78 is 38.1. The Hall–Kier alpha value is -3.41. The summed E-state index contributed by atoms with van der Waals surface area (Å²) in [6.45, 7) is 1.55. The van der Waals surface area contributed by atoms with Crippen LogP contribution in [0.3, 0.4) is 0 Å². The molecule has 4 rings (SSSR count). The Labute approximate surface area is 178 Å². The summed E-state index contributed by atoms with van der Waals surface area (Å²) in [5.41, 5.74) is 0.684. The van der Waals surface area contributed by atoms with E-state index in [1.165, 1.54) is 25.3 Å². The molecule has 2 aromatic rings. The first-order valence-corrected chi connectivity index (χ1v) is 11.2. The van der Waals surface area contributed by atoms with Gasteiger partial charge in [0.15, 0.2) is 0 Å². The number of anilines is 1. The van der Waals surface area contributed by atoms with Gasteiger partial charge in [0.2, 0.25) is 17.7 Å². The number of sulfonamides is 1. The summed E-state index contributed by atoms with van der Waals surface area (Å²) in [5.74, 6) is -0.0527. The zero-order chi connectivity index (χ0) is 22.0. The van der Waals surface area contributed by atoms with Gasteiger partial charge in [0.05, 0.1) is 24.8 Å². The smallest absolute Gasteiger partial charge is 0.335 e. The molecule has 1 aromatic carbocycles. The van der Waals surface area contributed by atoms with Crippen LogP contribution in [0.5, 0.6) is 11.8 Å². The van der Waals surface area contributed by atoms with Gasteiger partial charge in [-0.05, 0) is 25.0 Å². The van der Waals surface area contributed by atoms with Gasteiger partial charge in [0.25, 0.3) is 15.9 Å². The van der Waals surface area contributed by atoms with Gasteiger partial charge in [-0.1, -0.05) is 12.1 Å². The summed E-state index contributed by atoms with van der Waals surface area (Å²) in [4.78, 5) is 34.6. The van der Waals surface area contributed by atoms with Crippen LogP contribution in [-0.4, -0.2) is 62.0 Å². The molecule has 2 aliphatic rings. The number of hydrogen-bond donors (Lipinski definition) is 2. The Morgan fingerprint density at radius 2 is 1.90 bits per heavy atom. The summed E-state index contributed by atoms with van der Waals surface area (Å²) in [6.07, 6.45) is 2.31. The van der Waals surface area contributed by atoms with Crippen LogP contribution in [0, 0.1) is 0 Å². The molecule has 3 heterocycles. The lowest BCUT2D eigenvalue weighted by molar-refractivity contribution is 0.0789. The number of fused-ring (bicyclic) bond motifs is 1. The number of carbonyl (C=O) groups excluding carboxylic acids is 2. The average Bonchev–Trinajstić information content (AvgIpc) is 3.44. The van der Waals surface area contributed by atoms with Gasteiger partial charge in [-0.3, -0.25) is 10.1 Å². The van der Waals surface area contributed by atoms with Gasteiger partial charge in [0, 0.05) is 19.5 Å². The fourth-order valence-electron chi connectivity index (χ4n) is 3.52. The fourth-order valence-corrected chi connectivity index (χ4v) is 4.63. The number of benzene rings is 1. The van der Waals surface area contributed by atoms with Crippen molar-refractivity contribution in [2.24, 2.45) is 0 Å². The van der Waals surface area contributed by atoms with Gasteiger partial charge in [-0.2, -0.15) is 9.97 Å². The summed E-state index contributed by atoms with van der Waals surface area (Å²) >= 11 is 0. The molecule has 1 saturated heterocycles. The quantitative estimate of drug-likeness (QED) is 0.696. The highest BCUT2D eigenvalue weighted by Gasteiger charge is 2.29. The Balaban J connectivity index is 1.53. The van der Waals surface area contributed by atoms with E-state index < -0.39 is 16.1 Å². The fraction of sp³-hybridized carbons (Fsp3) is 0.368. The number of hydrogen-bond acceptors (Lipinski definition) is 8. The molecule has 0 radical (unpaired) electrons. The number of aromatic nitrogens is 2. The van der Waals surface area contributed by atoms with Crippen molar-refractivity contribution in [3.63, 3.8) is 0 Å². The van der Waals surface area contributed by atoms with E-state index in [1.54, 1.807) is 11.0 Å². The molecule has 0 spiro atoms. The van der Waals surface area contributed by atoms with Crippen LogP contribution < -0.4 is 19.5 Å². The van der Waals surface area contributed by atoms with Crippen molar-refractivity contribution in [1.82, 2.24) is 19.6 Å². The number of carbonyl (C=O) groups is 2. The van der Waals surface area contributed by atoms with E-state index in [0.717, 1.165) is 12.8 Å². The van der Waals surface area contributed by atoms with Gasteiger partial charge < -0.3 is 14.4 Å². The lowest BCUT2D eigenvalue weighted by atomic mass is 10.2. The molecule has 11 nitrogen and oxygen atoms in total. The highest BCUT2D eigenvalue weighted by molar-refractivity contribution is 7.90. The topological polar surface area (TPSA) is 140 Å². The monoisotopic (exact) mass is 447 g/mol. The molecule has 1 fully saturated rings. The second-order valence-electron chi connectivity index (χ2n) is 6.99. The van der Waals surface area contributed by atoms with Crippen molar-refractivity contribution < 1.29 is 27.5 Å². The Morgan fingerprint density at radius 3 is 2.65 bits per heavy atom. The maximum absolute atomic E-state index is 12.9. The van der Waals surface area contributed by atoms with E-state index in [-0.39, 0.29) is 34.1 Å². The molecule has 2 aliphatic heterocycles. The van der Waals surface area contributed by atoms with Gasteiger partial charge in [-0.25, -0.2) is 17.9 Å². The van der Waals surface area contributed by atoms with Crippen molar-refractivity contribution in [3.8, 4) is 11.8 Å². The van der Waals surface area contributed by atoms with Crippen LogP contribution >= 0.6 is 0 Å². The lowest BCUT2D eigenvalue weighted by Crippen LogP contribution is -2.36. The van der Waals surface area contributed by atoms with E-state index in [0.29, 0.717) is 31.7 Å². The van der Waals surface area contributed by atoms with Crippen LogP contribution in [0.4, 0.5) is 10.7 Å². The van der Waals surface area contributed by atoms with E-state index in [9.17, 15) is 18.0 Å². The minimum absolute atomic E-state index is 0.00792. The van der Waals surface area contributed by atoms with Gasteiger partial charge in [-0.15, -0.1) is 0 Å². The largest absolute Gasteiger partial charge is 0.481 e. The summed E-state index contributed by atoms with van der Waals surface area (Å²) in [5, 5.41) is 2.27. The van der Waals surface area contributed by atoms with E-state index >= 15 is 0 Å². The second-order valence-corrected chi connectivity index (χ2v) is 8.64. The third-order valence-electron chi connectivity index (χ3n) is 4.97. The van der Waals surface area contributed by atoms with Crippen LogP contribution in [0.25, 0.3) is 0 Å². The molecular weight excluding hydrogens is 426 g/mol. The van der Waals surface area contributed by atoms with E-state index in [4.69, 9.17) is 9.47 Å². The first-order valence-electron chi connectivity index (χ1n) is 9.69. The Kier molecular flexibility index (Phi) is 5.63. The molecule has 0 saturated carbocycles. The third-order valence-corrected chi connectivity index (χ3v) is 6.36. The molecule has 12 heteroatoms. The molecule has 31 heavy (non-hydrogen) atoms. The standard InChI is InChI=1S/C19H21N5O6S/c1-29-15-13-8-11-30-16(13)21-18(20-15)22-19(26)23-31(27,28)14-7-3-2-6-12(14)17(25)24-9-4-5-10-24/h2-3,6-7H,4-5,8-11H2,1H3,(H2,20,21,22,23,26). The van der Waals surface area contributed by atoms with Crippen molar-refractivity contribution in [2.45, 2.75) is 24.2 Å². The number of nitrogens with zero attached hydrogens (tertiary/aromatic N) is 3. The maximum Gasteiger partial charge on any atom is 0.335 e. The van der Waals surface area contributed by atoms with Crippen molar-refractivity contribution >= 4 is 27.9 Å². The Morgan fingerprint density at radius 1 is 1.16 bits per heavy atom. The minimum Gasteiger partial charge on any atom is -0.481 e. The number of amides is 3. The highest BCUT2D eigenvalue weighted by atomic mass is 32.2. The van der Waals surface area contributed by atoms with E-state index in [2.05, 4.69) is 15.3 Å². The number of methoxy groups -OCH3 is 1. The van der Waals surface area contributed by atoms with Crippen molar-refractivity contribution in [1.29, 1.82) is 0 Å². The van der Waals surface area contributed by atoms with Crippen LogP contribution in [0.15, 0.2) is 29.2 Å². The molecule has 0 bridgehead atoms. The number of likely N-dealkylation sites (tertiary alicyclic amines) is 1. The molecule has 3 amide bonds. The van der Waals surface area contributed by atoms with Crippen molar-refractivity contribution in [2.75, 3.05) is 32.1 Å². The zero-order valence-corrected chi connectivity index (χ0v) is 17.6. The van der Waals surface area contributed by atoms with Crippen LogP contribution in [0.2, 0.25) is 0 Å². The first-order chi connectivity index (χ1) is 14.9. The molecule has 1 aromatic heterocycles. The predicted octanol–water partition coefficient (Wildman–Crippen LogP) is 1.17. The minimum atomic E-state index is -4.34. The number of rotatable bonds is 5. The molecule has 0 atom stereocenters. The number of ether oxygens (including phenoxy) is 2. The van der Waals surface area contributed by atoms with Crippen LogP contribution in [-0.2, 0) is 16.4 Å². The SMILES string of the molecule is COc1nc(NC(=O)NS(=O)(=O)c2ccccc2C(=O)N2CCCC2)nc2c1CCO2. The maximum atomic E-state index is 12.9. The molecule has 0 unspecified atom stereocenters. The molecular formula is C19H21N5O6S. The van der Waals surface area contributed by atoms with Crippen LogP contribution in [0.1, 0.15) is 28.8 Å². The van der Waals surface area contributed by atoms with Crippen molar-refractivity contribution in [3.05, 3.63) is 35.4 Å². The summed E-state index contributed by atoms with van der Waals surface area (Å²) in [6, 6.07) is 4.69. The normalized spacial score (nSPS) is 15.2. The molecule has 164 valence electrons. The second kappa shape index (κ2) is 8.38. The zero-order valence-electron chi connectivity index (χ0n) is 16.8. The molecule has 2 N–H and O–H groups in total. The lowest BCUT2D eigenvalue weighted by Gasteiger charge is -2.17. The average molecular weight is 447 g/mol.